The molecule has 2 atom stereocenters. The molecule has 0 heterocycles. The molecule has 0 aliphatic heterocycles. The van der Waals surface area contributed by atoms with E-state index in [1.165, 1.54) is 18.4 Å². The molecule has 0 bridgehead atoms. The Balaban J connectivity index is 2.19. The highest BCUT2D eigenvalue weighted by Gasteiger charge is 2.36. The lowest BCUT2D eigenvalue weighted by atomic mass is 9.75. The third-order valence-corrected chi connectivity index (χ3v) is 4.16. The Labute approximate surface area is 110 Å². The summed E-state index contributed by atoms with van der Waals surface area (Å²) >= 11 is 0. The molecular formula is C16H22N2. The van der Waals surface area contributed by atoms with Crippen LogP contribution in [0.5, 0.6) is 0 Å². The van der Waals surface area contributed by atoms with E-state index in [4.69, 9.17) is 0 Å². The van der Waals surface area contributed by atoms with Crippen LogP contribution in [0.2, 0.25) is 0 Å². The number of aryl methyl sites for hydroxylation is 1. The van der Waals surface area contributed by atoms with E-state index < -0.39 is 0 Å². The van der Waals surface area contributed by atoms with Crippen LogP contribution in [0, 0.1) is 24.2 Å². The number of anilines is 1. The highest BCUT2D eigenvalue weighted by atomic mass is 15.0. The first kappa shape index (κ1) is 13.0. The van der Waals surface area contributed by atoms with Crippen molar-refractivity contribution in [1.29, 1.82) is 5.26 Å². The summed E-state index contributed by atoms with van der Waals surface area (Å²) in [5.74, 6) is 0.690. The van der Waals surface area contributed by atoms with Gasteiger partial charge in [0, 0.05) is 5.69 Å². The topological polar surface area (TPSA) is 35.8 Å². The van der Waals surface area contributed by atoms with E-state index in [1.807, 2.05) is 12.1 Å². The summed E-state index contributed by atoms with van der Waals surface area (Å²) in [6.07, 6.45) is 5.56. The van der Waals surface area contributed by atoms with Crippen molar-refractivity contribution >= 4 is 5.69 Å². The van der Waals surface area contributed by atoms with Gasteiger partial charge in [0.25, 0.3) is 0 Å². The first-order chi connectivity index (χ1) is 8.69. The van der Waals surface area contributed by atoms with Crippen molar-refractivity contribution in [3.8, 4) is 6.07 Å². The number of nitriles is 1. The fourth-order valence-electron chi connectivity index (χ4n) is 2.95. The second-order valence-electron chi connectivity index (χ2n) is 5.50. The molecule has 1 N–H and O–H groups in total. The van der Waals surface area contributed by atoms with Crippen molar-refractivity contribution < 1.29 is 0 Å². The molecule has 0 spiro atoms. The fraction of sp³-hybridized carbons (Fsp3) is 0.562. The third kappa shape index (κ3) is 2.67. The summed E-state index contributed by atoms with van der Waals surface area (Å²) in [7, 11) is 0. The predicted molar refractivity (Wildman–Crippen MR) is 75.4 cm³/mol. The van der Waals surface area contributed by atoms with Crippen LogP contribution in [0.1, 0.15) is 44.6 Å². The lowest BCUT2D eigenvalue weighted by molar-refractivity contribution is 0.283. The van der Waals surface area contributed by atoms with Crippen molar-refractivity contribution in [3.05, 3.63) is 29.8 Å². The van der Waals surface area contributed by atoms with E-state index in [9.17, 15) is 5.26 Å². The lowest BCUT2D eigenvalue weighted by Gasteiger charge is -2.37. The van der Waals surface area contributed by atoms with Gasteiger partial charge in [-0.15, -0.1) is 0 Å². The molecule has 0 aromatic heterocycles. The highest BCUT2D eigenvalue weighted by Crippen LogP contribution is 2.36. The summed E-state index contributed by atoms with van der Waals surface area (Å²) in [6, 6.07) is 10.8. The van der Waals surface area contributed by atoms with Crippen molar-refractivity contribution in [1.82, 2.24) is 0 Å². The summed E-state index contributed by atoms with van der Waals surface area (Å²) in [5.41, 5.74) is 1.96. The van der Waals surface area contributed by atoms with Crippen LogP contribution in [0.4, 0.5) is 5.69 Å². The largest absolute Gasteiger partial charge is 0.367 e. The molecule has 2 rings (SSSR count). The van der Waals surface area contributed by atoms with E-state index in [0.29, 0.717) is 5.92 Å². The van der Waals surface area contributed by atoms with Crippen LogP contribution in [-0.2, 0) is 0 Å². The molecule has 1 fully saturated rings. The number of nitrogens with zero attached hydrogens (tertiary/aromatic N) is 1. The van der Waals surface area contributed by atoms with Gasteiger partial charge in [0.05, 0.1) is 6.07 Å². The normalized spacial score (nSPS) is 27.5. The van der Waals surface area contributed by atoms with Crippen molar-refractivity contribution in [2.75, 3.05) is 5.32 Å². The second-order valence-corrected chi connectivity index (χ2v) is 5.50. The Morgan fingerprint density at radius 2 is 2.22 bits per heavy atom. The van der Waals surface area contributed by atoms with Crippen molar-refractivity contribution in [2.45, 2.75) is 51.5 Å². The Morgan fingerprint density at radius 1 is 1.44 bits per heavy atom. The van der Waals surface area contributed by atoms with Gasteiger partial charge in [-0.1, -0.05) is 38.0 Å². The number of rotatable bonds is 3. The smallest absolute Gasteiger partial charge is 0.125 e. The predicted octanol–water partition coefficient (Wildman–Crippen LogP) is 4.27. The van der Waals surface area contributed by atoms with Crippen LogP contribution >= 0.6 is 0 Å². The summed E-state index contributed by atoms with van der Waals surface area (Å²) in [6.45, 7) is 4.32. The number of nitrogens with one attached hydrogen (secondary N) is 1. The summed E-state index contributed by atoms with van der Waals surface area (Å²) < 4.78 is 0. The summed E-state index contributed by atoms with van der Waals surface area (Å²) in [5, 5.41) is 13.1. The zero-order chi connectivity index (χ0) is 13.0. The minimum atomic E-state index is -0.356. The molecule has 1 aromatic rings. The molecule has 0 amide bonds. The van der Waals surface area contributed by atoms with E-state index in [-0.39, 0.29) is 5.54 Å². The van der Waals surface area contributed by atoms with E-state index in [1.54, 1.807) is 0 Å². The van der Waals surface area contributed by atoms with Crippen molar-refractivity contribution in [3.63, 3.8) is 0 Å². The first-order valence-corrected chi connectivity index (χ1v) is 6.94. The first-order valence-electron chi connectivity index (χ1n) is 6.94. The monoisotopic (exact) mass is 242 g/mol. The lowest BCUT2D eigenvalue weighted by Crippen LogP contribution is -2.41. The minimum absolute atomic E-state index is 0.356. The Kier molecular flexibility index (Phi) is 3.91. The standard InChI is InChI=1S/C16H22N2/c1-3-14-8-6-10-16(11-14,12-17)18-15-9-5-4-7-13(15)2/h4-5,7,9,14,18H,3,6,8,10-11H2,1-2H3. The van der Waals surface area contributed by atoms with Crippen molar-refractivity contribution in [2.24, 2.45) is 5.92 Å². The van der Waals surface area contributed by atoms with Gasteiger partial charge in [-0.25, -0.2) is 0 Å². The Morgan fingerprint density at radius 3 is 2.89 bits per heavy atom. The third-order valence-electron chi connectivity index (χ3n) is 4.16. The van der Waals surface area contributed by atoms with Crippen LogP contribution in [0.15, 0.2) is 24.3 Å². The molecule has 1 aromatic carbocycles. The van der Waals surface area contributed by atoms with Gasteiger partial charge in [0.1, 0.15) is 5.54 Å². The average molecular weight is 242 g/mol. The molecule has 96 valence electrons. The van der Waals surface area contributed by atoms with Crippen LogP contribution in [0.3, 0.4) is 0 Å². The van der Waals surface area contributed by atoms with Gasteiger partial charge < -0.3 is 5.32 Å². The molecule has 2 nitrogen and oxygen atoms in total. The minimum Gasteiger partial charge on any atom is -0.367 e. The maximum absolute atomic E-state index is 9.59. The maximum atomic E-state index is 9.59. The quantitative estimate of drug-likeness (QED) is 0.859. The maximum Gasteiger partial charge on any atom is 0.125 e. The number of benzene rings is 1. The molecule has 18 heavy (non-hydrogen) atoms. The zero-order valence-electron chi connectivity index (χ0n) is 11.4. The van der Waals surface area contributed by atoms with Crippen LogP contribution in [0.25, 0.3) is 0 Å². The molecule has 0 saturated heterocycles. The molecule has 1 saturated carbocycles. The molecule has 0 radical (unpaired) electrons. The molecule has 2 heteroatoms. The highest BCUT2D eigenvalue weighted by molar-refractivity contribution is 5.53. The van der Waals surface area contributed by atoms with Crippen LogP contribution in [-0.4, -0.2) is 5.54 Å². The van der Waals surface area contributed by atoms with Gasteiger partial charge >= 0.3 is 0 Å². The zero-order valence-corrected chi connectivity index (χ0v) is 11.4. The number of hydrogen-bond acceptors (Lipinski definition) is 2. The van der Waals surface area contributed by atoms with Gasteiger partial charge in [0.15, 0.2) is 0 Å². The van der Waals surface area contributed by atoms with Gasteiger partial charge in [0.2, 0.25) is 0 Å². The van der Waals surface area contributed by atoms with E-state index in [0.717, 1.165) is 24.9 Å². The molecule has 2 unspecified atom stereocenters. The average Bonchev–Trinajstić information content (AvgIpc) is 2.42. The van der Waals surface area contributed by atoms with Gasteiger partial charge in [-0.3, -0.25) is 0 Å². The van der Waals surface area contributed by atoms with Gasteiger partial charge in [-0.2, -0.15) is 5.26 Å². The summed E-state index contributed by atoms with van der Waals surface area (Å²) in [4.78, 5) is 0. The number of hydrogen-bond donors (Lipinski definition) is 1. The Bertz CT molecular complexity index is 447. The molecule has 1 aliphatic rings. The van der Waals surface area contributed by atoms with Gasteiger partial charge in [-0.05, 0) is 43.7 Å². The SMILES string of the molecule is CCC1CCCC(C#N)(Nc2ccccc2C)C1. The number of para-hydroxylation sites is 1. The van der Waals surface area contributed by atoms with Crippen LogP contribution < -0.4 is 5.32 Å². The van der Waals surface area contributed by atoms with E-state index >= 15 is 0 Å². The van der Waals surface area contributed by atoms with E-state index in [2.05, 4.69) is 37.4 Å². The fourth-order valence-corrected chi connectivity index (χ4v) is 2.95. The second kappa shape index (κ2) is 5.44. The molecule has 1 aliphatic carbocycles. The Hall–Kier alpha value is -1.49. The molecular weight excluding hydrogens is 220 g/mol.